The molecule has 1 N–H and O–H groups in total. The van der Waals surface area contributed by atoms with Gasteiger partial charge in [-0.1, -0.05) is 6.92 Å². The van der Waals surface area contributed by atoms with Gasteiger partial charge in [0.25, 0.3) is 0 Å². The number of thiol groups is 1. The normalized spacial score (nSPS) is 18.0. The highest BCUT2D eigenvalue weighted by Crippen LogP contribution is 2.19. The van der Waals surface area contributed by atoms with Crippen LogP contribution in [0.4, 0.5) is 0 Å². The monoisotopic (exact) mass is 152 g/mol. The Kier molecular flexibility index (Phi) is 4.90. The van der Waals surface area contributed by atoms with E-state index in [0.717, 1.165) is 6.42 Å². The molecule has 2 unspecified atom stereocenters. The zero-order chi connectivity index (χ0) is 6.57. The first-order valence-electron chi connectivity index (χ1n) is 2.68. The van der Waals surface area contributed by atoms with Crippen molar-refractivity contribution >= 4 is 24.4 Å². The van der Waals surface area contributed by atoms with Crippen LogP contribution in [0.5, 0.6) is 0 Å². The van der Waals surface area contributed by atoms with Gasteiger partial charge in [-0.3, -0.25) is 0 Å². The predicted molar refractivity (Wildman–Crippen MR) is 42.3 cm³/mol. The summed E-state index contributed by atoms with van der Waals surface area (Å²) in [6.45, 7) is 3.90. The van der Waals surface area contributed by atoms with E-state index in [4.69, 9.17) is 5.11 Å². The molecule has 0 saturated heterocycles. The molecule has 0 saturated carbocycles. The molecule has 0 radical (unpaired) electrons. The Morgan fingerprint density at radius 2 is 2.25 bits per heavy atom. The maximum Gasteiger partial charge on any atom is 0.100 e. The Balaban J connectivity index is 3.10. The summed E-state index contributed by atoms with van der Waals surface area (Å²) in [6, 6.07) is 0. The lowest BCUT2D eigenvalue weighted by Gasteiger charge is -2.08. The van der Waals surface area contributed by atoms with Gasteiger partial charge in [-0.2, -0.15) is 12.6 Å². The van der Waals surface area contributed by atoms with Gasteiger partial charge >= 0.3 is 0 Å². The molecule has 0 heterocycles. The Labute approximate surface area is 60.3 Å². The first-order valence-corrected chi connectivity index (χ1v) is 4.14. The van der Waals surface area contributed by atoms with Gasteiger partial charge in [0.15, 0.2) is 0 Å². The van der Waals surface area contributed by atoms with E-state index in [2.05, 4.69) is 12.6 Å². The Morgan fingerprint density at radius 3 is 2.38 bits per heavy atom. The summed E-state index contributed by atoms with van der Waals surface area (Å²) in [6.07, 6.45) is 0.801. The summed E-state index contributed by atoms with van der Waals surface area (Å²) in [5.41, 5.74) is -0.234. The van der Waals surface area contributed by atoms with Crippen molar-refractivity contribution in [2.75, 3.05) is 0 Å². The van der Waals surface area contributed by atoms with Crippen molar-refractivity contribution in [2.24, 2.45) is 0 Å². The average Bonchev–Trinajstić information content (AvgIpc) is 1.65. The Hall–Kier alpha value is 0.660. The van der Waals surface area contributed by atoms with Crippen molar-refractivity contribution in [1.29, 1.82) is 0 Å². The predicted octanol–water partition coefficient (Wildman–Crippen LogP) is 1.72. The van der Waals surface area contributed by atoms with Crippen LogP contribution in [0.2, 0.25) is 0 Å². The molecule has 0 aromatic carbocycles. The lowest BCUT2D eigenvalue weighted by molar-refractivity contribution is 0.259. The topological polar surface area (TPSA) is 20.2 Å². The molecule has 0 aliphatic heterocycles. The number of rotatable bonds is 3. The molecule has 3 heteroatoms. The van der Waals surface area contributed by atoms with E-state index in [1.54, 1.807) is 0 Å². The fraction of sp³-hybridized carbons (Fsp3) is 1.00. The SMILES string of the molecule is CCC(O)SC(C)S. The van der Waals surface area contributed by atoms with Crippen LogP contribution in [0.25, 0.3) is 0 Å². The largest absolute Gasteiger partial charge is 0.382 e. The number of hydrogen-bond donors (Lipinski definition) is 2. The minimum Gasteiger partial charge on any atom is -0.382 e. The third kappa shape index (κ3) is 4.81. The fourth-order valence-corrected chi connectivity index (χ4v) is 1.39. The number of aliphatic hydroxyl groups excluding tert-OH is 1. The van der Waals surface area contributed by atoms with Gasteiger partial charge in [-0.15, -0.1) is 11.8 Å². The van der Waals surface area contributed by atoms with Crippen LogP contribution in [0, 0.1) is 0 Å². The minimum absolute atomic E-state index is 0.234. The molecule has 8 heavy (non-hydrogen) atoms. The van der Waals surface area contributed by atoms with E-state index < -0.39 is 0 Å². The van der Waals surface area contributed by atoms with Gasteiger partial charge in [0.2, 0.25) is 0 Å². The summed E-state index contributed by atoms with van der Waals surface area (Å²) < 4.78 is 0.241. The Morgan fingerprint density at radius 1 is 1.75 bits per heavy atom. The lowest BCUT2D eigenvalue weighted by Crippen LogP contribution is -2.00. The van der Waals surface area contributed by atoms with Gasteiger partial charge in [0.1, 0.15) is 5.44 Å². The van der Waals surface area contributed by atoms with Crippen LogP contribution in [0.1, 0.15) is 20.3 Å². The summed E-state index contributed by atoms with van der Waals surface area (Å²) in [4.78, 5) is 0. The lowest BCUT2D eigenvalue weighted by atomic mass is 10.5. The maximum atomic E-state index is 8.94. The van der Waals surface area contributed by atoms with Crippen LogP contribution < -0.4 is 0 Å². The second-order valence-corrected chi connectivity index (χ2v) is 4.25. The molecule has 0 aliphatic carbocycles. The van der Waals surface area contributed by atoms with Crippen LogP contribution in [0.3, 0.4) is 0 Å². The third-order valence-corrected chi connectivity index (χ3v) is 2.11. The highest BCUT2D eigenvalue weighted by molar-refractivity contribution is 8.10. The Bertz CT molecular complexity index is 56.4. The molecule has 0 spiro atoms. The van der Waals surface area contributed by atoms with Crippen molar-refractivity contribution in [1.82, 2.24) is 0 Å². The average molecular weight is 152 g/mol. The minimum atomic E-state index is -0.234. The first kappa shape index (κ1) is 8.66. The van der Waals surface area contributed by atoms with Crippen LogP contribution in [0.15, 0.2) is 0 Å². The fourth-order valence-electron chi connectivity index (χ4n) is 0.324. The molecule has 2 atom stereocenters. The highest BCUT2D eigenvalue weighted by atomic mass is 32.2. The van der Waals surface area contributed by atoms with Gasteiger partial charge in [-0.05, 0) is 13.3 Å². The van der Waals surface area contributed by atoms with E-state index in [9.17, 15) is 0 Å². The molecule has 0 aromatic rings. The van der Waals surface area contributed by atoms with Crippen molar-refractivity contribution in [2.45, 2.75) is 30.3 Å². The summed E-state index contributed by atoms with van der Waals surface area (Å²) in [7, 11) is 0. The smallest absolute Gasteiger partial charge is 0.100 e. The molecule has 0 bridgehead atoms. The van der Waals surface area contributed by atoms with Crippen molar-refractivity contribution in [3.63, 3.8) is 0 Å². The molecule has 1 nitrogen and oxygen atoms in total. The third-order valence-electron chi connectivity index (χ3n) is 0.703. The van der Waals surface area contributed by atoms with Gasteiger partial charge in [-0.25, -0.2) is 0 Å². The number of aliphatic hydroxyl groups is 1. The summed E-state index contributed by atoms with van der Waals surface area (Å²) in [5, 5.41) is 8.94. The van der Waals surface area contributed by atoms with Crippen molar-refractivity contribution < 1.29 is 5.11 Å². The second kappa shape index (κ2) is 4.53. The van der Waals surface area contributed by atoms with E-state index in [-0.39, 0.29) is 10.0 Å². The number of hydrogen-bond acceptors (Lipinski definition) is 3. The van der Waals surface area contributed by atoms with E-state index >= 15 is 0 Å². The molecule has 0 amide bonds. The molecule has 0 rings (SSSR count). The standard InChI is InChI=1S/C5H12OS2/c1-3-5(6)8-4(2)7/h4-7H,3H2,1-2H3. The molecular weight excluding hydrogens is 140 g/mol. The van der Waals surface area contributed by atoms with Gasteiger partial charge in [0.05, 0.1) is 0 Å². The van der Waals surface area contributed by atoms with Gasteiger partial charge in [0, 0.05) is 4.58 Å². The van der Waals surface area contributed by atoms with E-state index in [0.29, 0.717) is 0 Å². The maximum absolute atomic E-state index is 8.94. The summed E-state index contributed by atoms with van der Waals surface area (Å²) >= 11 is 5.57. The quantitative estimate of drug-likeness (QED) is 0.474. The second-order valence-electron chi connectivity index (χ2n) is 1.60. The zero-order valence-corrected chi connectivity index (χ0v) is 6.88. The van der Waals surface area contributed by atoms with E-state index in [1.165, 1.54) is 11.8 Å². The molecule has 50 valence electrons. The van der Waals surface area contributed by atoms with E-state index in [1.807, 2.05) is 13.8 Å². The molecular formula is C5H12OS2. The van der Waals surface area contributed by atoms with Gasteiger partial charge < -0.3 is 5.11 Å². The first-order chi connectivity index (χ1) is 3.66. The van der Waals surface area contributed by atoms with Crippen LogP contribution in [-0.4, -0.2) is 15.1 Å². The molecule has 0 fully saturated rings. The van der Waals surface area contributed by atoms with Crippen LogP contribution >= 0.6 is 24.4 Å². The zero-order valence-electron chi connectivity index (χ0n) is 5.16. The van der Waals surface area contributed by atoms with Crippen LogP contribution in [-0.2, 0) is 0 Å². The summed E-state index contributed by atoms with van der Waals surface area (Å²) in [5.74, 6) is 0. The van der Waals surface area contributed by atoms with Crippen molar-refractivity contribution in [3.05, 3.63) is 0 Å². The number of thioether (sulfide) groups is 1. The molecule has 0 aliphatic rings. The van der Waals surface area contributed by atoms with Crippen molar-refractivity contribution in [3.8, 4) is 0 Å². The highest BCUT2D eigenvalue weighted by Gasteiger charge is 2.02. The molecule has 0 aromatic heterocycles.